The monoisotopic (exact) mass is 285 g/mol. The highest BCUT2D eigenvalue weighted by Crippen LogP contribution is 2.15. The fourth-order valence-electron chi connectivity index (χ4n) is 2.35. The predicted molar refractivity (Wildman–Crippen MR) is 81.7 cm³/mol. The zero-order chi connectivity index (χ0) is 15.2. The normalized spacial score (nSPS) is 20.7. The molecule has 0 radical (unpaired) electrons. The Morgan fingerprint density at radius 2 is 2.00 bits per heavy atom. The molecule has 0 aromatic carbocycles. The van der Waals surface area contributed by atoms with Gasteiger partial charge in [0.1, 0.15) is 0 Å². The molecule has 1 saturated heterocycles. The van der Waals surface area contributed by atoms with Gasteiger partial charge in [-0.25, -0.2) is 4.79 Å². The summed E-state index contributed by atoms with van der Waals surface area (Å²) in [6, 6.07) is 0.0937. The van der Waals surface area contributed by atoms with E-state index in [0.717, 1.165) is 32.4 Å². The number of nitrogens with one attached hydrogen (secondary N) is 2. The molecule has 1 fully saturated rings. The summed E-state index contributed by atoms with van der Waals surface area (Å²) in [5.74, 6) is 0.564. The van der Waals surface area contributed by atoms with E-state index in [0.29, 0.717) is 18.9 Å². The summed E-state index contributed by atoms with van der Waals surface area (Å²) in [7, 11) is 2.10. The fourth-order valence-corrected chi connectivity index (χ4v) is 2.35. The first-order valence-corrected chi connectivity index (χ1v) is 7.74. The number of amides is 2. The lowest BCUT2D eigenvalue weighted by Crippen LogP contribution is -2.50. The van der Waals surface area contributed by atoms with Gasteiger partial charge in [0.05, 0.1) is 5.60 Å². The average Bonchev–Trinajstić information content (AvgIpc) is 2.37. The largest absolute Gasteiger partial charge is 0.388 e. The molecule has 3 N–H and O–H groups in total. The minimum absolute atomic E-state index is 0.163. The summed E-state index contributed by atoms with van der Waals surface area (Å²) < 4.78 is 0. The lowest BCUT2D eigenvalue weighted by atomic mass is 9.95. The van der Waals surface area contributed by atoms with Crippen molar-refractivity contribution in [2.24, 2.45) is 5.92 Å². The van der Waals surface area contributed by atoms with Crippen molar-refractivity contribution in [3.63, 3.8) is 0 Å². The van der Waals surface area contributed by atoms with Gasteiger partial charge in [-0.2, -0.15) is 0 Å². The molecule has 1 atom stereocenters. The van der Waals surface area contributed by atoms with E-state index in [1.165, 1.54) is 0 Å². The van der Waals surface area contributed by atoms with Crippen LogP contribution in [0.2, 0.25) is 0 Å². The number of carbonyl (C=O) groups excluding carboxylic acids is 1. The molecule has 0 aromatic rings. The van der Waals surface area contributed by atoms with Crippen LogP contribution in [-0.4, -0.2) is 54.4 Å². The fraction of sp³-hybridized carbons (Fsp3) is 0.933. The van der Waals surface area contributed by atoms with Gasteiger partial charge < -0.3 is 20.6 Å². The van der Waals surface area contributed by atoms with Crippen molar-refractivity contribution in [3.05, 3.63) is 0 Å². The Labute approximate surface area is 123 Å². The predicted octanol–water partition coefficient (Wildman–Crippen LogP) is 1.57. The van der Waals surface area contributed by atoms with Crippen molar-refractivity contribution >= 4 is 6.03 Å². The van der Waals surface area contributed by atoms with Gasteiger partial charge in [0, 0.05) is 12.6 Å². The summed E-state index contributed by atoms with van der Waals surface area (Å²) in [5.41, 5.74) is -0.825. The summed E-state index contributed by atoms with van der Waals surface area (Å²) in [5, 5.41) is 16.0. The zero-order valence-electron chi connectivity index (χ0n) is 13.4. The van der Waals surface area contributed by atoms with E-state index in [9.17, 15) is 9.90 Å². The Morgan fingerprint density at radius 3 is 2.55 bits per heavy atom. The minimum Gasteiger partial charge on any atom is -0.388 e. The molecule has 0 bridgehead atoms. The molecule has 0 aromatic heterocycles. The Bertz CT molecular complexity index is 297. The molecule has 0 saturated carbocycles. The maximum atomic E-state index is 11.8. The second-order valence-electron chi connectivity index (χ2n) is 6.83. The van der Waals surface area contributed by atoms with Crippen LogP contribution in [0.1, 0.15) is 46.5 Å². The summed E-state index contributed by atoms with van der Waals surface area (Å²) in [6.45, 7) is 8.41. The zero-order valence-corrected chi connectivity index (χ0v) is 13.4. The second-order valence-corrected chi connectivity index (χ2v) is 6.83. The maximum absolute atomic E-state index is 11.8. The van der Waals surface area contributed by atoms with Crippen LogP contribution >= 0.6 is 0 Å². The number of carbonyl (C=O) groups is 1. The highest BCUT2D eigenvalue weighted by Gasteiger charge is 2.23. The van der Waals surface area contributed by atoms with Crippen LogP contribution in [0.5, 0.6) is 0 Å². The third kappa shape index (κ3) is 7.10. The highest BCUT2D eigenvalue weighted by molar-refractivity contribution is 5.74. The van der Waals surface area contributed by atoms with Gasteiger partial charge in [-0.1, -0.05) is 13.8 Å². The topological polar surface area (TPSA) is 64.6 Å². The van der Waals surface area contributed by atoms with Crippen LogP contribution in [0, 0.1) is 5.92 Å². The van der Waals surface area contributed by atoms with Gasteiger partial charge >= 0.3 is 6.03 Å². The smallest absolute Gasteiger partial charge is 0.315 e. The number of rotatable bonds is 6. The molecule has 1 heterocycles. The molecule has 1 aliphatic rings. The van der Waals surface area contributed by atoms with Gasteiger partial charge in [-0.3, -0.25) is 0 Å². The Balaban J connectivity index is 2.21. The minimum atomic E-state index is -0.825. The van der Waals surface area contributed by atoms with E-state index < -0.39 is 5.60 Å². The van der Waals surface area contributed by atoms with Crippen LogP contribution in [0.3, 0.4) is 0 Å². The average molecular weight is 285 g/mol. The van der Waals surface area contributed by atoms with Crippen LogP contribution < -0.4 is 10.6 Å². The summed E-state index contributed by atoms with van der Waals surface area (Å²) in [4.78, 5) is 14.1. The molecule has 1 aliphatic heterocycles. The SMILES string of the molecule is CC(C)CCC(C)(O)CNC(=O)NC1CCN(C)CC1. The molecule has 2 amide bonds. The number of aliphatic hydroxyl groups is 1. The first kappa shape index (κ1) is 17.2. The molecule has 0 spiro atoms. The van der Waals surface area contributed by atoms with Crippen molar-refractivity contribution in [2.75, 3.05) is 26.7 Å². The number of hydrogen-bond donors (Lipinski definition) is 3. The number of likely N-dealkylation sites (tertiary alicyclic amines) is 1. The van der Waals surface area contributed by atoms with E-state index in [1.807, 2.05) is 0 Å². The molecule has 20 heavy (non-hydrogen) atoms. The molecule has 1 rings (SSSR count). The quantitative estimate of drug-likeness (QED) is 0.694. The molecule has 1 unspecified atom stereocenters. The maximum Gasteiger partial charge on any atom is 0.315 e. The van der Waals surface area contributed by atoms with Crippen molar-refractivity contribution in [2.45, 2.75) is 58.1 Å². The van der Waals surface area contributed by atoms with Gasteiger partial charge in [0.25, 0.3) is 0 Å². The lowest BCUT2D eigenvalue weighted by Gasteiger charge is -2.30. The molecular formula is C15H31N3O2. The molecule has 5 heteroatoms. The van der Waals surface area contributed by atoms with Crippen molar-refractivity contribution < 1.29 is 9.90 Å². The second kappa shape index (κ2) is 7.84. The van der Waals surface area contributed by atoms with Crippen LogP contribution in [0.15, 0.2) is 0 Å². The standard InChI is InChI=1S/C15H31N3O2/c1-12(2)5-8-15(3,20)11-16-14(19)17-13-6-9-18(4)10-7-13/h12-13,20H,5-11H2,1-4H3,(H2,16,17,19). The van der Waals surface area contributed by atoms with Gasteiger partial charge in [0.15, 0.2) is 0 Å². The lowest BCUT2D eigenvalue weighted by molar-refractivity contribution is 0.0474. The third-order valence-corrected chi connectivity index (χ3v) is 3.94. The molecule has 118 valence electrons. The van der Waals surface area contributed by atoms with Crippen LogP contribution in [-0.2, 0) is 0 Å². The Kier molecular flexibility index (Phi) is 6.76. The van der Waals surface area contributed by atoms with E-state index >= 15 is 0 Å². The van der Waals surface area contributed by atoms with E-state index in [1.54, 1.807) is 6.92 Å². The van der Waals surface area contributed by atoms with Gasteiger partial charge in [0.2, 0.25) is 0 Å². The van der Waals surface area contributed by atoms with E-state index in [4.69, 9.17) is 0 Å². The summed E-state index contributed by atoms with van der Waals surface area (Å²) in [6.07, 6.45) is 3.66. The third-order valence-electron chi connectivity index (χ3n) is 3.94. The van der Waals surface area contributed by atoms with Crippen LogP contribution in [0.25, 0.3) is 0 Å². The number of hydrogen-bond acceptors (Lipinski definition) is 3. The van der Waals surface area contributed by atoms with Gasteiger partial charge in [-0.05, 0) is 58.7 Å². The van der Waals surface area contributed by atoms with Crippen LogP contribution in [0.4, 0.5) is 4.79 Å². The first-order chi connectivity index (χ1) is 9.28. The number of urea groups is 1. The number of piperidine rings is 1. The Morgan fingerprint density at radius 1 is 1.40 bits per heavy atom. The van der Waals surface area contributed by atoms with Crippen molar-refractivity contribution in [3.8, 4) is 0 Å². The van der Waals surface area contributed by atoms with Crippen molar-refractivity contribution in [1.29, 1.82) is 0 Å². The Hall–Kier alpha value is -0.810. The summed E-state index contributed by atoms with van der Waals surface area (Å²) >= 11 is 0. The molecular weight excluding hydrogens is 254 g/mol. The molecule has 5 nitrogen and oxygen atoms in total. The van der Waals surface area contributed by atoms with E-state index in [-0.39, 0.29) is 12.1 Å². The van der Waals surface area contributed by atoms with Crippen molar-refractivity contribution in [1.82, 2.24) is 15.5 Å². The number of nitrogens with zero attached hydrogens (tertiary/aromatic N) is 1. The van der Waals surface area contributed by atoms with Gasteiger partial charge in [-0.15, -0.1) is 0 Å². The first-order valence-electron chi connectivity index (χ1n) is 7.74. The van der Waals surface area contributed by atoms with E-state index in [2.05, 4.69) is 36.4 Å². The highest BCUT2D eigenvalue weighted by atomic mass is 16.3. The molecule has 0 aliphatic carbocycles.